The number of amides is 4. The van der Waals surface area contributed by atoms with Crippen molar-refractivity contribution >= 4 is 35.1 Å². The van der Waals surface area contributed by atoms with Crippen LogP contribution < -0.4 is 16.0 Å². The molecule has 1 aliphatic heterocycles. The summed E-state index contributed by atoms with van der Waals surface area (Å²) in [6, 6.07) is 4.39. The maximum absolute atomic E-state index is 12.0. The van der Waals surface area contributed by atoms with E-state index >= 15 is 0 Å². The van der Waals surface area contributed by atoms with E-state index in [2.05, 4.69) is 16.0 Å². The highest BCUT2D eigenvalue weighted by Gasteiger charge is 2.25. The van der Waals surface area contributed by atoms with E-state index in [0.29, 0.717) is 37.5 Å². The van der Waals surface area contributed by atoms with Crippen molar-refractivity contribution in [3.63, 3.8) is 0 Å². The van der Waals surface area contributed by atoms with Crippen molar-refractivity contribution in [1.82, 2.24) is 15.5 Å². The third-order valence-corrected chi connectivity index (χ3v) is 3.72. The smallest absolute Gasteiger partial charge is 0.324 e. The van der Waals surface area contributed by atoms with E-state index < -0.39 is 0 Å². The summed E-state index contributed by atoms with van der Waals surface area (Å²) in [5.74, 6) is -0.629. The van der Waals surface area contributed by atoms with Crippen LogP contribution in [0.1, 0.15) is 10.4 Å². The predicted octanol–water partition coefficient (Wildman–Crippen LogP) is 0.680. The minimum atomic E-state index is -0.386. The number of benzene rings is 1. The van der Waals surface area contributed by atoms with E-state index in [0.717, 1.165) is 4.90 Å². The lowest BCUT2D eigenvalue weighted by Gasteiger charge is -2.14. The molecular weight excluding hydrogens is 336 g/mol. The molecule has 3 N–H and O–H groups in total. The Morgan fingerprint density at radius 2 is 2.21 bits per heavy atom. The highest BCUT2D eigenvalue weighted by Crippen LogP contribution is 2.21. The van der Waals surface area contributed by atoms with Gasteiger partial charge in [0, 0.05) is 32.4 Å². The zero-order valence-electron chi connectivity index (χ0n) is 13.2. The monoisotopic (exact) mass is 354 g/mol. The Morgan fingerprint density at radius 3 is 2.83 bits per heavy atom. The van der Waals surface area contributed by atoms with Gasteiger partial charge in [-0.05, 0) is 18.2 Å². The minimum Gasteiger partial charge on any atom is -0.383 e. The molecule has 1 saturated heterocycles. The first-order valence-electron chi connectivity index (χ1n) is 7.41. The number of hydrogen-bond acceptors (Lipinski definition) is 5. The van der Waals surface area contributed by atoms with Crippen molar-refractivity contribution in [3.8, 4) is 0 Å². The second-order valence-electron chi connectivity index (χ2n) is 5.07. The van der Waals surface area contributed by atoms with Crippen LogP contribution in [0.5, 0.6) is 0 Å². The molecule has 1 aliphatic rings. The van der Waals surface area contributed by atoms with E-state index in [4.69, 9.17) is 16.3 Å². The minimum absolute atomic E-state index is 0.0386. The van der Waals surface area contributed by atoms with Gasteiger partial charge in [-0.3, -0.25) is 14.5 Å². The molecule has 0 aromatic heterocycles. The molecule has 0 radical (unpaired) electrons. The van der Waals surface area contributed by atoms with E-state index in [-0.39, 0.29) is 29.4 Å². The number of urea groups is 1. The molecule has 0 bridgehead atoms. The number of nitrogens with one attached hydrogen (secondary N) is 3. The normalized spacial score (nSPS) is 13.6. The van der Waals surface area contributed by atoms with Crippen LogP contribution in [-0.2, 0) is 9.53 Å². The summed E-state index contributed by atoms with van der Waals surface area (Å²) in [5, 5.41) is 8.40. The summed E-state index contributed by atoms with van der Waals surface area (Å²) in [6.45, 7) is 1.58. The van der Waals surface area contributed by atoms with Crippen LogP contribution in [0.15, 0.2) is 18.2 Å². The topological polar surface area (TPSA) is 99.8 Å². The molecule has 4 amide bonds. The first-order chi connectivity index (χ1) is 11.5. The fraction of sp³-hybridized carbons (Fsp3) is 0.400. The number of imide groups is 1. The number of ether oxygens (including phenoxy) is 1. The summed E-state index contributed by atoms with van der Waals surface area (Å²) in [4.78, 5) is 36.4. The third kappa shape index (κ3) is 4.59. The lowest BCUT2D eigenvalue weighted by atomic mass is 10.2. The summed E-state index contributed by atoms with van der Waals surface area (Å²) in [6.07, 6.45) is 0. The molecule has 130 valence electrons. The average Bonchev–Trinajstić information content (AvgIpc) is 2.99. The lowest BCUT2D eigenvalue weighted by Crippen LogP contribution is -2.38. The number of anilines is 1. The Balaban J connectivity index is 1.90. The Bertz CT molecular complexity index is 638. The molecule has 1 fully saturated rings. The molecule has 0 aliphatic carbocycles. The molecule has 1 aromatic rings. The van der Waals surface area contributed by atoms with E-state index in [9.17, 15) is 14.4 Å². The number of carbonyl (C=O) groups is 3. The predicted molar refractivity (Wildman–Crippen MR) is 89.3 cm³/mol. The lowest BCUT2D eigenvalue weighted by molar-refractivity contribution is -0.125. The maximum Gasteiger partial charge on any atom is 0.324 e. The van der Waals surface area contributed by atoms with Crippen molar-refractivity contribution < 1.29 is 19.1 Å². The van der Waals surface area contributed by atoms with Crippen LogP contribution in [0, 0.1) is 0 Å². The standard InChI is InChI=1S/C15H19ClN4O4/c1-24-7-5-17-14(22)11-3-2-10(8-12(11)16)19-9-13(21)20-6-4-18-15(20)23/h2-3,8,19H,4-7,9H2,1H3,(H,17,22)(H,18,23). The van der Waals surface area contributed by atoms with Gasteiger partial charge in [-0.25, -0.2) is 4.79 Å². The van der Waals surface area contributed by atoms with E-state index in [1.54, 1.807) is 25.3 Å². The molecular formula is C15H19ClN4O4. The van der Waals surface area contributed by atoms with Crippen LogP contribution >= 0.6 is 11.6 Å². The quantitative estimate of drug-likeness (QED) is 0.625. The molecule has 0 unspecified atom stereocenters. The highest BCUT2D eigenvalue weighted by atomic mass is 35.5. The van der Waals surface area contributed by atoms with Gasteiger partial charge in [-0.15, -0.1) is 0 Å². The molecule has 1 aromatic carbocycles. The number of hydrogen-bond donors (Lipinski definition) is 3. The molecule has 0 saturated carbocycles. The number of methoxy groups -OCH3 is 1. The van der Waals surface area contributed by atoms with Crippen molar-refractivity contribution in [2.45, 2.75) is 0 Å². The second-order valence-corrected chi connectivity index (χ2v) is 5.48. The average molecular weight is 355 g/mol. The molecule has 2 rings (SSSR count). The van der Waals surface area contributed by atoms with Gasteiger partial charge in [0.15, 0.2) is 0 Å². The summed E-state index contributed by atoms with van der Waals surface area (Å²) in [5.41, 5.74) is 0.921. The van der Waals surface area contributed by atoms with Crippen LogP contribution in [-0.4, -0.2) is 62.6 Å². The van der Waals surface area contributed by atoms with Gasteiger partial charge in [0.2, 0.25) is 5.91 Å². The van der Waals surface area contributed by atoms with Gasteiger partial charge in [0.1, 0.15) is 0 Å². The summed E-state index contributed by atoms with van der Waals surface area (Å²) >= 11 is 6.11. The number of nitrogens with zero attached hydrogens (tertiary/aromatic N) is 1. The first-order valence-corrected chi connectivity index (χ1v) is 7.79. The zero-order valence-corrected chi connectivity index (χ0v) is 14.0. The van der Waals surface area contributed by atoms with Crippen LogP contribution in [0.4, 0.5) is 10.5 Å². The molecule has 24 heavy (non-hydrogen) atoms. The number of halogens is 1. The Kier molecular flexibility index (Phi) is 6.39. The maximum atomic E-state index is 12.0. The van der Waals surface area contributed by atoms with Crippen molar-refractivity contribution in [2.75, 3.05) is 45.2 Å². The molecule has 8 nitrogen and oxygen atoms in total. The molecule has 9 heteroatoms. The fourth-order valence-corrected chi connectivity index (χ4v) is 2.42. The Labute approximate surface area is 144 Å². The number of rotatable bonds is 7. The molecule has 1 heterocycles. The fourth-order valence-electron chi connectivity index (χ4n) is 2.15. The van der Waals surface area contributed by atoms with Gasteiger partial charge >= 0.3 is 6.03 Å². The Morgan fingerprint density at radius 1 is 1.42 bits per heavy atom. The van der Waals surface area contributed by atoms with Gasteiger partial charge < -0.3 is 20.7 Å². The Hall–Kier alpha value is -2.32. The van der Waals surface area contributed by atoms with Gasteiger partial charge in [-0.1, -0.05) is 11.6 Å². The van der Waals surface area contributed by atoms with Gasteiger partial charge in [0.05, 0.1) is 23.7 Å². The van der Waals surface area contributed by atoms with E-state index in [1.165, 1.54) is 0 Å². The highest BCUT2D eigenvalue weighted by molar-refractivity contribution is 6.34. The number of carbonyl (C=O) groups excluding carboxylic acids is 3. The van der Waals surface area contributed by atoms with Crippen LogP contribution in [0.2, 0.25) is 5.02 Å². The largest absolute Gasteiger partial charge is 0.383 e. The van der Waals surface area contributed by atoms with Crippen molar-refractivity contribution in [2.24, 2.45) is 0 Å². The van der Waals surface area contributed by atoms with Crippen molar-refractivity contribution in [1.29, 1.82) is 0 Å². The van der Waals surface area contributed by atoms with Crippen molar-refractivity contribution in [3.05, 3.63) is 28.8 Å². The first kappa shape index (κ1) is 18.0. The van der Waals surface area contributed by atoms with Crippen LogP contribution in [0.25, 0.3) is 0 Å². The SMILES string of the molecule is COCCNC(=O)c1ccc(NCC(=O)N2CCNC2=O)cc1Cl. The van der Waals surface area contributed by atoms with Gasteiger partial charge in [0.25, 0.3) is 5.91 Å². The van der Waals surface area contributed by atoms with Crippen LogP contribution in [0.3, 0.4) is 0 Å². The molecule has 0 spiro atoms. The summed E-state index contributed by atoms with van der Waals surface area (Å²) < 4.78 is 4.86. The van der Waals surface area contributed by atoms with Gasteiger partial charge in [-0.2, -0.15) is 0 Å². The zero-order chi connectivity index (χ0) is 17.5. The van der Waals surface area contributed by atoms with E-state index in [1.807, 2.05) is 0 Å². The summed E-state index contributed by atoms with van der Waals surface area (Å²) in [7, 11) is 1.55. The third-order valence-electron chi connectivity index (χ3n) is 3.41. The molecule has 0 atom stereocenters. The second kappa shape index (κ2) is 8.51.